The van der Waals surface area contributed by atoms with Crippen LogP contribution in [0.1, 0.15) is 12.0 Å². The van der Waals surface area contributed by atoms with Crippen molar-refractivity contribution in [3.63, 3.8) is 0 Å². The van der Waals surface area contributed by atoms with E-state index >= 15 is 0 Å². The Morgan fingerprint density at radius 1 is 1.09 bits per heavy atom. The van der Waals surface area contributed by atoms with Gasteiger partial charge < -0.3 is 11.1 Å². The number of benzene rings is 2. The van der Waals surface area contributed by atoms with E-state index in [0.717, 1.165) is 17.7 Å². The summed E-state index contributed by atoms with van der Waals surface area (Å²) in [6.07, 6.45) is 1.17. The fourth-order valence-corrected chi connectivity index (χ4v) is 2.00. The predicted octanol–water partition coefficient (Wildman–Crippen LogP) is 3.49. The molecule has 0 atom stereocenters. The molecule has 0 radical (unpaired) electrons. The number of amidine groups is 1. The summed E-state index contributed by atoms with van der Waals surface area (Å²) >= 11 is 5.57. The fraction of sp³-hybridized carbons (Fsp3) is 0.176. The van der Waals surface area contributed by atoms with Gasteiger partial charge in [0.05, 0.1) is 11.6 Å². The van der Waals surface area contributed by atoms with Crippen molar-refractivity contribution in [1.82, 2.24) is 0 Å². The van der Waals surface area contributed by atoms with Crippen LogP contribution in [-0.2, 0) is 11.2 Å². The lowest BCUT2D eigenvalue weighted by Gasteiger charge is -2.06. The molecule has 3 N–H and O–H groups in total. The number of alkyl halides is 1. The Kier molecular flexibility index (Phi) is 5.98. The summed E-state index contributed by atoms with van der Waals surface area (Å²) in [5, 5.41) is 2.86. The molecule has 2 rings (SSSR count). The smallest absolute Gasteiger partial charge is 0.224 e. The maximum atomic E-state index is 11.9. The molecule has 0 saturated heterocycles. The molecule has 0 aromatic heterocycles. The lowest BCUT2D eigenvalue weighted by Crippen LogP contribution is -2.12. The first-order valence-corrected chi connectivity index (χ1v) is 7.53. The summed E-state index contributed by atoms with van der Waals surface area (Å²) < 4.78 is 0. The van der Waals surface area contributed by atoms with Crippen molar-refractivity contribution in [2.24, 2.45) is 10.7 Å². The molecule has 2 aromatic rings. The molecule has 0 fully saturated rings. The van der Waals surface area contributed by atoms with Crippen LogP contribution < -0.4 is 11.1 Å². The summed E-state index contributed by atoms with van der Waals surface area (Å²) in [6.45, 7) is 0. The van der Waals surface area contributed by atoms with Crippen molar-refractivity contribution >= 4 is 34.7 Å². The first-order chi connectivity index (χ1) is 10.7. The van der Waals surface area contributed by atoms with Crippen molar-refractivity contribution < 1.29 is 4.79 Å². The van der Waals surface area contributed by atoms with E-state index in [0.29, 0.717) is 17.9 Å². The van der Waals surface area contributed by atoms with Crippen LogP contribution in [0.25, 0.3) is 0 Å². The minimum absolute atomic E-state index is 0.0135. The first-order valence-electron chi connectivity index (χ1n) is 7.00. The van der Waals surface area contributed by atoms with E-state index in [1.165, 1.54) is 0 Å². The largest absolute Gasteiger partial charge is 0.386 e. The van der Waals surface area contributed by atoms with Gasteiger partial charge in [-0.2, -0.15) is 0 Å². The summed E-state index contributed by atoms with van der Waals surface area (Å²) in [7, 11) is 0. The Labute approximate surface area is 135 Å². The highest BCUT2D eigenvalue weighted by Crippen LogP contribution is 2.16. The van der Waals surface area contributed by atoms with E-state index in [1.807, 2.05) is 30.3 Å². The van der Waals surface area contributed by atoms with E-state index in [9.17, 15) is 4.79 Å². The van der Waals surface area contributed by atoms with Crippen LogP contribution in [0.3, 0.4) is 0 Å². The molecule has 2 aromatic carbocycles. The van der Waals surface area contributed by atoms with Gasteiger partial charge in [0.2, 0.25) is 5.91 Å². The third kappa shape index (κ3) is 5.22. The molecule has 0 aliphatic heterocycles. The normalized spacial score (nSPS) is 11.2. The van der Waals surface area contributed by atoms with Crippen LogP contribution in [0.5, 0.6) is 0 Å². The SMILES string of the molecule is NC(CCl)=Nc1ccc(NC(=O)CCc2ccccc2)cc1. The highest BCUT2D eigenvalue weighted by atomic mass is 35.5. The topological polar surface area (TPSA) is 67.5 Å². The fourth-order valence-electron chi connectivity index (χ4n) is 1.94. The van der Waals surface area contributed by atoms with E-state index in [4.69, 9.17) is 17.3 Å². The zero-order valence-corrected chi connectivity index (χ0v) is 12.9. The average molecular weight is 316 g/mol. The van der Waals surface area contributed by atoms with Crippen LogP contribution in [0.2, 0.25) is 0 Å². The van der Waals surface area contributed by atoms with Crippen LogP contribution >= 0.6 is 11.6 Å². The lowest BCUT2D eigenvalue weighted by atomic mass is 10.1. The first kappa shape index (κ1) is 16.0. The van der Waals surface area contributed by atoms with E-state index in [1.54, 1.807) is 24.3 Å². The third-order valence-electron chi connectivity index (χ3n) is 3.04. The highest BCUT2D eigenvalue weighted by molar-refractivity contribution is 6.28. The number of anilines is 1. The van der Waals surface area contributed by atoms with Gasteiger partial charge in [0, 0.05) is 12.1 Å². The Morgan fingerprint density at radius 3 is 2.41 bits per heavy atom. The minimum Gasteiger partial charge on any atom is -0.386 e. The number of hydrogen-bond donors (Lipinski definition) is 2. The van der Waals surface area contributed by atoms with Crippen LogP contribution in [-0.4, -0.2) is 17.6 Å². The van der Waals surface area contributed by atoms with Crippen molar-refractivity contribution in [2.45, 2.75) is 12.8 Å². The van der Waals surface area contributed by atoms with Crippen molar-refractivity contribution in [2.75, 3.05) is 11.2 Å². The molecule has 0 aliphatic rings. The van der Waals surface area contributed by atoms with Gasteiger partial charge in [0.1, 0.15) is 5.84 Å². The number of halogens is 1. The zero-order chi connectivity index (χ0) is 15.8. The van der Waals surface area contributed by atoms with Crippen LogP contribution in [0.15, 0.2) is 59.6 Å². The number of carbonyl (C=O) groups is 1. The van der Waals surface area contributed by atoms with Crippen LogP contribution in [0, 0.1) is 0 Å². The highest BCUT2D eigenvalue weighted by Gasteiger charge is 2.03. The molecule has 5 heteroatoms. The van der Waals surface area contributed by atoms with Crippen molar-refractivity contribution in [3.8, 4) is 0 Å². The zero-order valence-electron chi connectivity index (χ0n) is 12.1. The number of nitrogens with two attached hydrogens (primary N) is 1. The summed E-state index contributed by atoms with van der Waals surface area (Å²) in [5.74, 6) is 0.541. The number of amides is 1. The molecule has 0 heterocycles. The van der Waals surface area contributed by atoms with Gasteiger partial charge in [-0.1, -0.05) is 30.3 Å². The number of carbonyl (C=O) groups excluding carboxylic acids is 1. The van der Waals surface area contributed by atoms with Crippen molar-refractivity contribution in [1.29, 1.82) is 0 Å². The van der Waals surface area contributed by atoms with Gasteiger partial charge >= 0.3 is 0 Å². The molecule has 0 bridgehead atoms. The number of nitrogens with zero attached hydrogens (tertiary/aromatic N) is 1. The Bertz CT molecular complexity index is 639. The molecule has 1 amide bonds. The summed E-state index contributed by atoms with van der Waals surface area (Å²) in [5.41, 5.74) is 8.16. The van der Waals surface area contributed by atoms with E-state index in [2.05, 4.69) is 10.3 Å². The van der Waals surface area contributed by atoms with Gasteiger partial charge in [0.25, 0.3) is 0 Å². The summed E-state index contributed by atoms with van der Waals surface area (Å²) in [6, 6.07) is 17.1. The maximum Gasteiger partial charge on any atom is 0.224 e. The number of aliphatic imine (C=N–C) groups is 1. The summed E-state index contributed by atoms with van der Waals surface area (Å²) in [4.78, 5) is 16.0. The number of aryl methyl sites for hydroxylation is 1. The predicted molar refractivity (Wildman–Crippen MR) is 91.8 cm³/mol. The lowest BCUT2D eigenvalue weighted by molar-refractivity contribution is -0.116. The van der Waals surface area contributed by atoms with Gasteiger partial charge in [-0.15, -0.1) is 11.6 Å². The molecular formula is C17H18ClN3O. The quantitative estimate of drug-likeness (QED) is 0.487. The molecule has 0 aliphatic carbocycles. The third-order valence-corrected chi connectivity index (χ3v) is 3.32. The minimum atomic E-state index is -0.0135. The van der Waals surface area contributed by atoms with E-state index in [-0.39, 0.29) is 11.8 Å². The van der Waals surface area contributed by atoms with E-state index < -0.39 is 0 Å². The van der Waals surface area contributed by atoms with Gasteiger partial charge in [0.15, 0.2) is 0 Å². The number of nitrogens with one attached hydrogen (secondary N) is 1. The average Bonchev–Trinajstić information content (AvgIpc) is 2.55. The molecule has 0 unspecified atom stereocenters. The van der Waals surface area contributed by atoms with Crippen LogP contribution in [0.4, 0.5) is 11.4 Å². The monoisotopic (exact) mass is 315 g/mol. The Balaban J connectivity index is 1.86. The van der Waals surface area contributed by atoms with Gasteiger partial charge in [-0.05, 0) is 36.2 Å². The van der Waals surface area contributed by atoms with Gasteiger partial charge in [-0.3, -0.25) is 4.79 Å². The van der Waals surface area contributed by atoms with Crippen molar-refractivity contribution in [3.05, 3.63) is 60.2 Å². The maximum absolute atomic E-state index is 11.9. The molecule has 0 saturated carbocycles. The van der Waals surface area contributed by atoms with Gasteiger partial charge in [-0.25, -0.2) is 4.99 Å². The molecule has 0 spiro atoms. The Hall–Kier alpha value is -2.33. The second-order valence-electron chi connectivity index (χ2n) is 4.82. The standard InChI is InChI=1S/C17H18ClN3O/c18-12-16(19)20-14-7-9-15(10-8-14)21-17(22)11-6-13-4-2-1-3-5-13/h1-5,7-10H,6,11-12H2,(H2,19,20)(H,21,22). The molecule has 114 valence electrons. The second-order valence-corrected chi connectivity index (χ2v) is 5.08. The molecular weight excluding hydrogens is 298 g/mol. The molecule has 22 heavy (non-hydrogen) atoms. The number of rotatable bonds is 6. The Morgan fingerprint density at radius 2 is 1.77 bits per heavy atom. The molecule has 4 nitrogen and oxygen atoms in total. The second kappa shape index (κ2) is 8.20. The number of hydrogen-bond acceptors (Lipinski definition) is 2.